The lowest BCUT2D eigenvalue weighted by molar-refractivity contribution is -0.134. The van der Waals surface area contributed by atoms with Gasteiger partial charge in [-0.15, -0.1) is 0 Å². The Morgan fingerprint density at radius 1 is 1.21 bits per heavy atom. The average molecular weight is 259 g/mol. The summed E-state index contributed by atoms with van der Waals surface area (Å²) in [5.74, 6) is 0.855. The molecule has 0 heterocycles. The molecule has 1 aromatic carbocycles. The van der Waals surface area contributed by atoms with E-state index in [4.69, 9.17) is 0 Å². The molecular formula is C17H25NO. The average Bonchev–Trinajstić information content (AvgIpc) is 3.22. The van der Waals surface area contributed by atoms with Gasteiger partial charge in [-0.1, -0.05) is 44.2 Å². The number of rotatable bonds is 6. The number of hydrogen-bond donors (Lipinski definition) is 0. The highest BCUT2D eigenvalue weighted by Gasteiger charge is 2.36. The van der Waals surface area contributed by atoms with Crippen LogP contribution in [0.15, 0.2) is 30.3 Å². The molecule has 0 bridgehead atoms. The second-order valence-corrected chi connectivity index (χ2v) is 6.00. The highest BCUT2D eigenvalue weighted by molar-refractivity contribution is 5.77. The molecule has 1 saturated carbocycles. The Morgan fingerprint density at radius 3 is 2.37 bits per heavy atom. The third-order valence-electron chi connectivity index (χ3n) is 4.10. The van der Waals surface area contributed by atoms with Crippen LogP contribution in [0.4, 0.5) is 0 Å². The van der Waals surface area contributed by atoms with Crippen molar-refractivity contribution in [3.8, 4) is 0 Å². The van der Waals surface area contributed by atoms with E-state index >= 15 is 0 Å². The molecule has 0 radical (unpaired) electrons. The minimum absolute atomic E-state index is 0.326. The Bertz CT molecular complexity index is 409. The van der Waals surface area contributed by atoms with Crippen molar-refractivity contribution in [2.45, 2.75) is 58.5 Å². The van der Waals surface area contributed by atoms with Crippen molar-refractivity contribution >= 4 is 5.91 Å². The number of carbonyl (C=O) groups is 1. The summed E-state index contributed by atoms with van der Waals surface area (Å²) in [5, 5.41) is 0. The van der Waals surface area contributed by atoms with Gasteiger partial charge < -0.3 is 4.90 Å². The molecule has 1 aromatic rings. The topological polar surface area (TPSA) is 20.3 Å². The lowest BCUT2D eigenvalue weighted by Crippen LogP contribution is -2.43. The van der Waals surface area contributed by atoms with Gasteiger partial charge in [0.1, 0.15) is 0 Å². The van der Waals surface area contributed by atoms with E-state index in [2.05, 4.69) is 37.8 Å². The largest absolute Gasteiger partial charge is 0.337 e. The van der Waals surface area contributed by atoms with Gasteiger partial charge in [-0.2, -0.15) is 0 Å². The predicted molar refractivity (Wildman–Crippen MR) is 78.9 cm³/mol. The van der Waals surface area contributed by atoms with E-state index < -0.39 is 0 Å². The zero-order chi connectivity index (χ0) is 13.8. The highest BCUT2D eigenvalue weighted by atomic mass is 16.2. The maximum Gasteiger partial charge on any atom is 0.223 e. The van der Waals surface area contributed by atoms with Gasteiger partial charge in [0.05, 0.1) is 0 Å². The van der Waals surface area contributed by atoms with Crippen LogP contribution in [-0.2, 0) is 11.2 Å². The molecule has 1 atom stereocenters. The van der Waals surface area contributed by atoms with E-state index in [1.54, 1.807) is 0 Å². The smallest absolute Gasteiger partial charge is 0.223 e. The standard InChI is InChI=1S/C17H25NO/c1-13(2)14(3)18(16-10-11-16)17(19)12-9-15-7-5-4-6-8-15/h4-8,13-14,16H,9-12H2,1-3H3. The lowest BCUT2D eigenvalue weighted by Gasteiger charge is -2.32. The first-order valence-corrected chi connectivity index (χ1v) is 7.44. The van der Waals surface area contributed by atoms with E-state index in [1.165, 1.54) is 18.4 Å². The number of nitrogens with zero attached hydrogens (tertiary/aromatic N) is 1. The van der Waals surface area contributed by atoms with E-state index in [0.29, 0.717) is 30.3 Å². The number of benzene rings is 1. The van der Waals surface area contributed by atoms with Gasteiger partial charge in [0.25, 0.3) is 0 Å². The van der Waals surface area contributed by atoms with E-state index in [9.17, 15) is 4.79 Å². The molecule has 104 valence electrons. The number of aryl methyl sites for hydroxylation is 1. The minimum atomic E-state index is 0.326. The van der Waals surface area contributed by atoms with Crippen LogP contribution in [0.25, 0.3) is 0 Å². The molecule has 1 fully saturated rings. The van der Waals surface area contributed by atoms with Crippen molar-refractivity contribution in [3.63, 3.8) is 0 Å². The molecule has 1 unspecified atom stereocenters. The molecule has 1 aliphatic carbocycles. The normalized spacial score (nSPS) is 16.4. The Balaban J connectivity index is 1.93. The van der Waals surface area contributed by atoms with Crippen molar-refractivity contribution in [1.82, 2.24) is 4.90 Å². The van der Waals surface area contributed by atoms with Crippen LogP contribution < -0.4 is 0 Å². The summed E-state index contributed by atoms with van der Waals surface area (Å²) in [6.07, 6.45) is 3.87. The molecule has 1 amide bonds. The summed E-state index contributed by atoms with van der Waals surface area (Å²) in [6, 6.07) is 11.2. The number of amides is 1. The van der Waals surface area contributed by atoms with Gasteiger partial charge in [0.15, 0.2) is 0 Å². The third kappa shape index (κ3) is 3.82. The fourth-order valence-corrected chi connectivity index (χ4v) is 2.46. The highest BCUT2D eigenvalue weighted by Crippen LogP contribution is 2.31. The first-order chi connectivity index (χ1) is 9.09. The minimum Gasteiger partial charge on any atom is -0.337 e. The van der Waals surface area contributed by atoms with E-state index in [1.807, 2.05) is 18.2 Å². The van der Waals surface area contributed by atoms with Crippen molar-refractivity contribution in [2.75, 3.05) is 0 Å². The maximum atomic E-state index is 12.5. The molecule has 0 spiro atoms. The van der Waals surface area contributed by atoms with E-state index in [0.717, 1.165) is 6.42 Å². The van der Waals surface area contributed by atoms with Crippen molar-refractivity contribution < 1.29 is 4.79 Å². The van der Waals surface area contributed by atoms with Crippen molar-refractivity contribution in [2.24, 2.45) is 5.92 Å². The summed E-state index contributed by atoms with van der Waals surface area (Å²) < 4.78 is 0. The fraction of sp³-hybridized carbons (Fsp3) is 0.588. The number of hydrogen-bond acceptors (Lipinski definition) is 1. The predicted octanol–water partition coefficient (Wildman–Crippen LogP) is 3.65. The van der Waals surface area contributed by atoms with Crippen LogP contribution in [-0.4, -0.2) is 22.9 Å². The van der Waals surface area contributed by atoms with Gasteiger partial charge in [0.2, 0.25) is 5.91 Å². The second kappa shape index (κ2) is 6.23. The van der Waals surface area contributed by atoms with Crippen LogP contribution in [0.1, 0.15) is 45.6 Å². The monoisotopic (exact) mass is 259 g/mol. The third-order valence-corrected chi connectivity index (χ3v) is 4.10. The summed E-state index contributed by atoms with van der Waals surface area (Å²) >= 11 is 0. The molecule has 2 nitrogen and oxygen atoms in total. The van der Waals surface area contributed by atoms with Crippen molar-refractivity contribution in [1.29, 1.82) is 0 Å². The van der Waals surface area contributed by atoms with Crippen LogP contribution in [0.5, 0.6) is 0 Å². The molecule has 0 aromatic heterocycles. The van der Waals surface area contributed by atoms with Crippen LogP contribution in [0.2, 0.25) is 0 Å². The quantitative estimate of drug-likeness (QED) is 0.763. The summed E-state index contributed by atoms with van der Waals surface area (Å²) in [6.45, 7) is 6.58. The fourth-order valence-electron chi connectivity index (χ4n) is 2.46. The Kier molecular flexibility index (Phi) is 4.62. The second-order valence-electron chi connectivity index (χ2n) is 6.00. The first-order valence-electron chi connectivity index (χ1n) is 7.44. The van der Waals surface area contributed by atoms with Gasteiger partial charge in [0, 0.05) is 18.5 Å². The molecule has 0 aliphatic heterocycles. The maximum absolute atomic E-state index is 12.5. The Hall–Kier alpha value is -1.31. The van der Waals surface area contributed by atoms with Crippen LogP contribution in [0, 0.1) is 5.92 Å². The molecule has 19 heavy (non-hydrogen) atoms. The SMILES string of the molecule is CC(C)C(C)N(C(=O)CCc1ccccc1)C1CC1. The molecule has 2 rings (SSSR count). The zero-order valence-electron chi connectivity index (χ0n) is 12.3. The van der Waals surface area contributed by atoms with Gasteiger partial charge >= 0.3 is 0 Å². The molecular weight excluding hydrogens is 234 g/mol. The zero-order valence-corrected chi connectivity index (χ0v) is 12.3. The number of carbonyl (C=O) groups excluding carboxylic acids is 1. The Labute approximate surface area is 116 Å². The van der Waals surface area contributed by atoms with Gasteiger partial charge in [-0.3, -0.25) is 4.79 Å². The molecule has 0 N–H and O–H groups in total. The van der Waals surface area contributed by atoms with Crippen LogP contribution >= 0.6 is 0 Å². The van der Waals surface area contributed by atoms with Gasteiger partial charge in [-0.05, 0) is 37.7 Å². The van der Waals surface area contributed by atoms with Crippen LogP contribution in [0.3, 0.4) is 0 Å². The molecule has 2 heteroatoms. The molecule has 0 saturated heterocycles. The summed E-state index contributed by atoms with van der Waals surface area (Å²) in [7, 11) is 0. The molecule has 1 aliphatic rings. The summed E-state index contributed by atoms with van der Waals surface area (Å²) in [4.78, 5) is 14.6. The Morgan fingerprint density at radius 2 is 1.84 bits per heavy atom. The first kappa shape index (κ1) is 14.1. The summed E-state index contributed by atoms with van der Waals surface area (Å²) in [5.41, 5.74) is 1.25. The van der Waals surface area contributed by atoms with Gasteiger partial charge in [-0.25, -0.2) is 0 Å². The van der Waals surface area contributed by atoms with Crippen molar-refractivity contribution in [3.05, 3.63) is 35.9 Å². The lowest BCUT2D eigenvalue weighted by atomic mass is 10.0. The van der Waals surface area contributed by atoms with E-state index in [-0.39, 0.29) is 0 Å².